The SMILES string of the molecule is CCC(NCC(=O)Nc1ccncc1)c1ccc(F)cc1F. The molecule has 1 aromatic carbocycles. The van der Waals surface area contributed by atoms with E-state index in [2.05, 4.69) is 15.6 Å². The number of carbonyl (C=O) groups excluding carboxylic acids is 1. The number of hydrogen-bond donors (Lipinski definition) is 2. The van der Waals surface area contributed by atoms with E-state index in [9.17, 15) is 13.6 Å². The lowest BCUT2D eigenvalue weighted by Crippen LogP contribution is -2.31. The molecule has 22 heavy (non-hydrogen) atoms. The van der Waals surface area contributed by atoms with Crippen molar-refractivity contribution >= 4 is 11.6 Å². The molecule has 0 saturated carbocycles. The van der Waals surface area contributed by atoms with Gasteiger partial charge in [0.25, 0.3) is 0 Å². The summed E-state index contributed by atoms with van der Waals surface area (Å²) in [5.41, 5.74) is 0.989. The highest BCUT2D eigenvalue weighted by atomic mass is 19.1. The van der Waals surface area contributed by atoms with Crippen LogP contribution in [0, 0.1) is 11.6 Å². The van der Waals surface area contributed by atoms with Crippen LogP contribution < -0.4 is 10.6 Å². The van der Waals surface area contributed by atoms with Crippen molar-refractivity contribution in [2.75, 3.05) is 11.9 Å². The van der Waals surface area contributed by atoms with Gasteiger partial charge in [0.2, 0.25) is 5.91 Å². The van der Waals surface area contributed by atoms with E-state index in [4.69, 9.17) is 0 Å². The molecule has 0 aliphatic heterocycles. The van der Waals surface area contributed by atoms with E-state index in [1.807, 2.05) is 6.92 Å². The zero-order valence-electron chi connectivity index (χ0n) is 12.1. The van der Waals surface area contributed by atoms with Crippen LogP contribution in [0.3, 0.4) is 0 Å². The van der Waals surface area contributed by atoms with Crippen LogP contribution in [-0.2, 0) is 4.79 Å². The molecular formula is C16H17F2N3O. The van der Waals surface area contributed by atoms with Crippen LogP contribution in [0.15, 0.2) is 42.7 Å². The minimum absolute atomic E-state index is 0.0254. The molecule has 2 N–H and O–H groups in total. The molecule has 1 heterocycles. The summed E-state index contributed by atoms with van der Waals surface area (Å²) < 4.78 is 26.7. The molecule has 1 aromatic heterocycles. The fourth-order valence-corrected chi connectivity index (χ4v) is 2.11. The first-order chi connectivity index (χ1) is 10.6. The Hall–Kier alpha value is -2.34. The average Bonchev–Trinajstić information content (AvgIpc) is 2.50. The van der Waals surface area contributed by atoms with E-state index in [1.54, 1.807) is 24.5 Å². The highest BCUT2D eigenvalue weighted by molar-refractivity contribution is 5.92. The maximum atomic E-state index is 13.8. The minimum atomic E-state index is -0.619. The molecular weight excluding hydrogens is 288 g/mol. The van der Waals surface area contributed by atoms with Gasteiger partial charge in [0, 0.05) is 35.8 Å². The fraction of sp³-hybridized carbons (Fsp3) is 0.250. The second kappa shape index (κ2) is 7.61. The number of halogens is 2. The Balaban J connectivity index is 1.94. The van der Waals surface area contributed by atoms with Crippen molar-refractivity contribution in [3.05, 3.63) is 59.9 Å². The number of benzene rings is 1. The molecule has 0 radical (unpaired) electrons. The Morgan fingerprint density at radius 1 is 1.23 bits per heavy atom. The molecule has 0 spiro atoms. The number of pyridine rings is 1. The van der Waals surface area contributed by atoms with Crippen molar-refractivity contribution in [1.82, 2.24) is 10.3 Å². The van der Waals surface area contributed by atoms with Crippen molar-refractivity contribution < 1.29 is 13.6 Å². The van der Waals surface area contributed by atoms with E-state index in [-0.39, 0.29) is 18.5 Å². The fourth-order valence-electron chi connectivity index (χ4n) is 2.11. The summed E-state index contributed by atoms with van der Waals surface area (Å²) in [5, 5.41) is 5.68. The van der Waals surface area contributed by atoms with Crippen LogP contribution in [0.25, 0.3) is 0 Å². The van der Waals surface area contributed by atoms with E-state index in [1.165, 1.54) is 12.1 Å². The third kappa shape index (κ3) is 4.33. The van der Waals surface area contributed by atoms with Gasteiger partial charge in [0.05, 0.1) is 6.54 Å². The number of carbonyl (C=O) groups is 1. The second-order valence-corrected chi connectivity index (χ2v) is 4.79. The van der Waals surface area contributed by atoms with E-state index < -0.39 is 11.6 Å². The monoisotopic (exact) mass is 305 g/mol. The third-order valence-corrected chi connectivity index (χ3v) is 3.22. The highest BCUT2D eigenvalue weighted by Crippen LogP contribution is 2.20. The highest BCUT2D eigenvalue weighted by Gasteiger charge is 2.15. The Morgan fingerprint density at radius 3 is 2.59 bits per heavy atom. The maximum Gasteiger partial charge on any atom is 0.238 e. The molecule has 4 nitrogen and oxygen atoms in total. The Labute approximate surface area is 127 Å². The van der Waals surface area contributed by atoms with Crippen LogP contribution in [0.5, 0.6) is 0 Å². The number of aromatic nitrogens is 1. The first-order valence-electron chi connectivity index (χ1n) is 6.98. The number of amides is 1. The number of anilines is 1. The molecule has 1 amide bonds. The van der Waals surface area contributed by atoms with E-state index in [0.29, 0.717) is 17.7 Å². The molecule has 0 bridgehead atoms. The summed E-state index contributed by atoms with van der Waals surface area (Å²) >= 11 is 0. The first-order valence-corrected chi connectivity index (χ1v) is 6.98. The quantitative estimate of drug-likeness (QED) is 0.862. The van der Waals surface area contributed by atoms with Gasteiger partial charge in [-0.15, -0.1) is 0 Å². The summed E-state index contributed by atoms with van der Waals surface area (Å²) in [5.74, 6) is -1.48. The zero-order chi connectivity index (χ0) is 15.9. The Kier molecular flexibility index (Phi) is 5.55. The second-order valence-electron chi connectivity index (χ2n) is 4.79. The summed E-state index contributed by atoms with van der Waals surface area (Å²) in [6, 6.07) is 6.44. The number of nitrogens with one attached hydrogen (secondary N) is 2. The van der Waals surface area contributed by atoms with Crippen molar-refractivity contribution in [3.63, 3.8) is 0 Å². The predicted molar refractivity (Wildman–Crippen MR) is 80.3 cm³/mol. The number of nitrogens with zero attached hydrogens (tertiary/aromatic N) is 1. The molecule has 1 atom stereocenters. The molecule has 0 saturated heterocycles. The standard InChI is InChI=1S/C16H17F2N3O/c1-2-15(13-4-3-11(17)9-14(13)18)20-10-16(22)21-12-5-7-19-8-6-12/h3-9,15,20H,2,10H2,1H3,(H,19,21,22). The summed E-state index contributed by atoms with van der Waals surface area (Å²) in [6.07, 6.45) is 3.72. The van der Waals surface area contributed by atoms with Crippen LogP contribution >= 0.6 is 0 Å². The van der Waals surface area contributed by atoms with Crippen LogP contribution in [0.4, 0.5) is 14.5 Å². The van der Waals surface area contributed by atoms with Gasteiger partial charge in [-0.2, -0.15) is 0 Å². The van der Waals surface area contributed by atoms with Crippen molar-refractivity contribution in [1.29, 1.82) is 0 Å². The van der Waals surface area contributed by atoms with Gasteiger partial charge in [-0.25, -0.2) is 8.78 Å². The Bertz CT molecular complexity index is 635. The lowest BCUT2D eigenvalue weighted by molar-refractivity contribution is -0.115. The summed E-state index contributed by atoms with van der Waals surface area (Å²) in [4.78, 5) is 15.7. The third-order valence-electron chi connectivity index (χ3n) is 3.22. The first kappa shape index (κ1) is 16.0. The summed E-state index contributed by atoms with van der Waals surface area (Å²) in [6.45, 7) is 1.89. The normalized spacial score (nSPS) is 12.0. The van der Waals surface area contributed by atoms with Crippen LogP contribution in [-0.4, -0.2) is 17.4 Å². The van der Waals surface area contributed by atoms with Crippen molar-refractivity contribution in [2.24, 2.45) is 0 Å². The van der Waals surface area contributed by atoms with E-state index >= 15 is 0 Å². The number of rotatable bonds is 6. The number of hydrogen-bond acceptors (Lipinski definition) is 3. The largest absolute Gasteiger partial charge is 0.325 e. The molecule has 2 rings (SSSR count). The smallest absolute Gasteiger partial charge is 0.238 e. The molecule has 0 fully saturated rings. The molecule has 0 aliphatic rings. The van der Waals surface area contributed by atoms with Gasteiger partial charge in [-0.3, -0.25) is 9.78 Å². The average molecular weight is 305 g/mol. The van der Waals surface area contributed by atoms with Crippen LogP contribution in [0.2, 0.25) is 0 Å². The molecule has 0 aliphatic carbocycles. The lowest BCUT2D eigenvalue weighted by Gasteiger charge is -2.18. The van der Waals surface area contributed by atoms with Gasteiger partial charge in [-0.05, 0) is 24.6 Å². The minimum Gasteiger partial charge on any atom is -0.325 e. The predicted octanol–water partition coefficient (Wildman–Crippen LogP) is 3.04. The zero-order valence-corrected chi connectivity index (χ0v) is 12.1. The van der Waals surface area contributed by atoms with Gasteiger partial charge in [-0.1, -0.05) is 13.0 Å². The summed E-state index contributed by atoms with van der Waals surface area (Å²) in [7, 11) is 0. The van der Waals surface area contributed by atoms with Gasteiger partial charge < -0.3 is 10.6 Å². The van der Waals surface area contributed by atoms with E-state index in [0.717, 1.165) is 6.07 Å². The topological polar surface area (TPSA) is 54.0 Å². The van der Waals surface area contributed by atoms with Gasteiger partial charge in [0.1, 0.15) is 11.6 Å². The lowest BCUT2D eigenvalue weighted by atomic mass is 10.0. The molecule has 2 aromatic rings. The van der Waals surface area contributed by atoms with Crippen LogP contribution in [0.1, 0.15) is 24.9 Å². The van der Waals surface area contributed by atoms with Crippen molar-refractivity contribution in [2.45, 2.75) is 19.4 Å². The maximum absolute atomic E-state index is 13.8. The molecule has 1 unspecified atom stereocenters. The van der Waals surface area contributed by atoms with Gasteiger partial charge >= 0.3 is 0 Å². The Morgan fingerprint density at radius 2 is 1.95 bits per heavy atom. The van der Waals surface area contributed by atoms with Gasteiger partial charge in [0.15, 0.2) is 0 Å². The molecule has 6 heteroatoms. The van der Waals surface area contributed by atoms with Crippen molar-refractivity contribution in [3.8, 4) is 0 Å². The molecule has 116 valence electrons.